The molecule has 0 saturated heterocycles. The Labute approximate surface area is 98.4 Å². The molecule has 0 aliphatic rings. The molecular weight excluding hydrogens is 238 g/mol. The Balaban J connectivity index is 3.04. The van der Waals surface area contributed by atoms with E-state index in [9.17, 15) is 0 Å². The maximum absolute atomic E-state index is 3.46. The van der Waals surface area contributed by atoms with Gasteiger partial charge in [-0.1, -0.05) is 55.5 Å². The van der Waals surface area contributed by atoms with Crippen molar-refractivity contribution < 1.29 is 0 Å². The van der Waals surface area contributed by atoms with E-state index in [4.69, 9.17) is 0 Å². The number of hydrogen-bond acceptors (Lipinski definition) is 1. The summed E-state index contributed by atoms with van der Waals surface area (Å²) < 4.78 is 0. The maximum atomic E-state index is 3.46. The maximum Gasteiger partial charge on any atom is 0.00313 e. The van der Waals surface area contributed by atoms with E-state index in [1.54, 1.807) is 0 Å². The summed E-state index contributed by atoms with van der Waals surface area (Å²) >= 11 is 3.46. The molecule has 0 heterocycles. The van der Waals surface area contributed by atoms with Crippen molar-refractivity contribution in [2.24, 2.45) is 0 Å². The van der Waals surface area contributed by atoms with Crippen LogP contribution in [0.25, 0.3) is 0 Å². The molecule has 0 bridgehead atoms. The highest BCUT2D eigenvalue weighted by molar-refractivity contribution is 9.09. The summed E-state index contributed by atoms with van der Waals surface area (Å²) in [6, 6.07) is 0. The zero-order valence-corrected chi connectivity index (χ0v) is 11.5. The van der Waals surface area contributed by atoms with Crippen molar-refractivity contribution >= 4 is 15.9 Å². The van der Waals surface area contributed by atoms with Crippen molar-refractivity contribution in [1.82, 2.24) is 4.90 Å². The van der Waals surface area contributed by atoms with Crippen LogP contribution in [-0.2, 0) is 0 Å². The third kappa shape index (κ3) is 9.01. The predicted molar refractivity (Wildman–Crippen MR) is 69.3 cm³/mol. The smallest absolute Gasteiger partial charge is 0.00313 e. The normalized spacial score (nSPS) is 11.1. The minimum Gasteiger partial charge on any atom is -0.304 e. The van der Waals surface area contributed by atoms with Crippen molar-refractivity contribution in [1.29, 1.82) is 0 Å². The fourth-order valence-electron chi connectivity index (χ4n) is 1.68. The van der Waals surface area contributed by atoms with E-state index < -0.39 is 0 Å². The summed E-state index contributed by atoms with van der Waals surface area (Å²) in [5, 5.41) is 1.17. The fourth-order valence-corrected chi connectivity index (χ4v) is 2.07. The Morgan fingerprint density at radius 2 is 1.29 bits per heavy atom. The summed E-state index contributed by atoms with van der Waals surface area (Å²) in [5.41, 5.74) is 0. The van der Waals surface area contributed by atoms with Crippen molar-refractivity contribution in [3.8, 4) is 0 Å². The second-order valence-electron chi connectivity index (χ2n) is 3.84. The van der Waals surface area contributed by atoms with Crippen molar-refractivity contribution in [2.45, 2.75) is 52.4 Å². The molecule has 0 aliphatic carbocycles. The number of unbranched alkanes of at least 4 members (excludes halogenated alkanes) is 5. The zero-order valence-electron chi connectivity index (χ0n) is 9.90. The Morgan fingerprint density at radius 1 is 0.786 bits per heavy atom. The molecule has 0 atom stereocenters. The average molecular weight is 264 g/mol. The molecule has 0 aromatic heterocycles. The molecule has 0 aromatic carbocycles. The minimum absolute atomic E-state index is 1.17. The molecule has 14 heavy (non-hydrogen) atoms. The lowest BCUT2D eigenvalue weighted by molar-refractivity contribution is 0.295. The summed E-state index contributed by atoms with van der Waals surface area (Å²) in [7, 11) is 0. The topological polar surface area (TPSA) is 3.24 Å². The van der Waals surface area contributed by atoms with Crippen LogP contribution in [0.5, 0.6) is 0 Å². The van der Waals surface area contributed by atoms with E-state index in [1.165, 1.54) is 63.5 Å². The van der Waals surface area contributed by atoms with Gasteiger partial charge in [0.05, 0.1) is 0 Å². The van der Waals surface area contributed by atoms with Gasteiger partial charge in [0.1, 0.15) is 0 Å². The van der Waals surface area contributed by atoms with Crippen molar-refractivity contribution in [3.63, 3.8) is 0 Å². The molecular formula is C12H26BrN. The van der Waals surface area contributed by atoms with Gasteiger partial charge in [0.2, 0.25) is 0 Å². The van der Waals surface area contributed by atoms with Crippen LogP contribution in [0.4, 0.5) is 0 Å². The van der Waals surface area contributed by atoms with E-state index in [-0.39, 0.29) is 0 Å². The molecule has 0 rings (SSSR count). The summed E-state index contributed by atoms with van der Waals surface area (Å²) in [5.74, 6) is 0. The van der Waals surface area contributed by atoms with E-state index in [0.717, 1.165) is 0 Å². The molecule has 0 spiro atoms. The van der Waals surface area contributed by atoms with Gasteiger partial charge in [-0.3, -0.25) is 0 Å². The molecule has 0 aromatic rings. The van der Waals surface area contributed by atoms with Gasteiger partial charge < -0.3 is 4.90 Å². The SMILES string of the molecule is CCN(CC)CCCCCCCCBr. The molecule has 0 saturated carbocycles. The number of nitrogens with zero attached hydrogens (tertiary/aromatic N) is 1. The van der Waals surface area contributed by atoms with Crippen LogP contribution in [-0.4, -0.2) is 29.9 Å². The molecule has 1 nitrogen and oxygen atoms in total. The second-order valence-corrected chi connectivity index (χ2v) is 4.63. The monoisotopic (exact) mass is 263 g/mol. The van der Waals surface area contributed by atoms with Crippen LogP contribution in [0.2, 0.25) is 0 Å². The largest absolute Gasteiger partial charge is 0.304 e. The molecule has 86 valence electrons. The van der Waals surface area contributed by atoms with E-state index in [1.807, 2.05) is 0 Å². The van der Waals surface area contributed by atoms with Crippen LogP contribution >= 0.6 is 15.9 Å². The second kappa shape index (κ2) is 11.5. The van der Waals surface area contributed by atoms with Crippen LogP contribution in [0.15, 0.2) is 0 Å². The van der Waals surface area contributed by atoms with Gasteiger partial charge in [0.25, 0.3) is 0 Å². The molecule has 0 aliphatic heterocycles. The molecule has 0 amide bonds. The Hall–Kier alpha value is 0.440. The lowest BCUT2D eigenvalue weighted by atomic mass is 10.1. The van der Waals surface area contributed by atoms with Crippen molar-refractivity contribution in [2.75, 3.05) is 25.0 Å². The average Bonchev–Trinajstić information content (AvgIpc) is 2.22. The van der Waals surface area contributed by atoms with Gasteiger partial charge in [-0.25, -0.2) is 0 Å². The first-order valence-electron chi connectivity index (χ1n) is 6.13. The van der Waals surface area contributed by atoms with Crippen LogP contribution in [0, 0.1) is 0 Å². The third-order valence-electron chi connectivity index (χ3n) is 2.75. The highest BCUT2D eigenvalue weighted by atomic mass is 79.9. The summed E-state index contributed by atoms with van der Waals surface area (Å²) in [4.78, 5) is 2.51. The van der Waals surface area contributed by atoms with Gasteiger partial charge in [-0.2, -0.15) is 0 Å². The molecule has 2 heteroatoms. The highest BCUT2D eigenvalue weighted by Crippen LogP contribution is 2.07. The Bertz CT molecular complexity index is 102. The van der Waals surface area contributed by atoms with Crippen molar-refractivity contribution in [3.05, 3.63) is 0 Å². The number of hydrogen-bond donors (Lipinski definition) is 0. The van der Waals surface area contributed by atoms with E-state index in [2.05, 4.69) is 34.7 Å². The Kier molecular flexibility index (Phi) is 11.9. The van der Waals surface area contributed by atoms with Gasteiger partial charge in [-0.05, 0) is 32.5 Å². The number of alkyl halides is 1. The first-order chi connectivity index (χ1) is 6.85. The lowest BCUT2D eigenvalue weighted by Crippen LogP contribution is -2.23. The van der Waals surface area contributed by atoms with Crippen LogP contribution in [0.3, 0.4) is 0 Å². The molecule has 0 fully saturated rings. The lowest BCUT2D eigenvalue weighted by Gasteiger charge is -2.17. The van der Waals surface area contributed by atoms with Crippen LogP contribution in [0.1, 0.15) is 52.4 Å². The highest BCUT2D eigenvalue weighted by Gasteiger charge is 1.97. The summed E-state index contributed by atoms with van der Waals surface area (Å²) in [6.07, 6.45) is 8.39. The summed E-state index contributed by atoms with van der Waals surface area (Å²) in [6.45, 7) is 8.21. The first-order valence-corrected chi connectivity index (χ1v) is 7.25. The zero-order chi connectivity index (χ0) is 10.6. The number of rotatable bonds is 10. The quantitative estimate of drug-likeness (QED) is 0.425. The Morgan fingerprint density at radius 3 is 1.79 bits per heavy atom. The van der Waals surface area contributed by atoms with E-state index >= 15 is 0 Å². The van der Waals surface area contributed by atoms with Gasteiger partial charge >= 0.3 is 0 Å². The van der Waals surface area contributed by atoms with Gasteiger partial charge in [0.15, 0.2) is 0 Å². The van der Waals surface area contributed by atoms with Gasteiger partial charge in [0, 0.05) is 5.33 Å². The standard InChI is InChI=1S/C12H26BrN/c1-3-14(4-2)12-10-8-6-5-7-9-11-13/h3-12H2,1-2H3. The minimum atomic E-state index is 1.17. The predicted octanol–water partition coefficient (Wildman–Crippen LogP) is 4.06. The van der Waals surface area contributed by atoms with Gasteiger partial charge in [-0.15, -0.1) is 0 Å². The molecule has 0 unspecified atom stereocenters. The number of halogens is 1. The molecule has 0 radical (unpaired) electrons. The third-order valence-corrected chi connectivity index (χ3v) is 3.31. The molecule has 0 N–H and O–H groups in total. The first kappa shape index (κ1) is 14.4. The van der Waals surface area contributed by atoms with E-state index in [0.29, 0.717) is 0 Å². The van der Waals surface area contributed by atoms with Crippen LogP contribution < -0.4 is 0 Å². The fraction of sp³-hybridized carbons (Fsp3) is 1.00.